The summed E-state index contributed by atoms with van der Waals surface area (Å²) < 4.78 is 5.42. The van der Waals surface area contributed by atoms with Crippen LogP contribution in [-0.4, -0.2) is 15.9 Å². The van der Waals surface area contributed by atoms with Crippen LogP contribution in [-0.2, 0) is 0 Å². The number of aromatic nitrogens is 2. The first-order valence-corrected chi connectivity index (χ1v) is 6.20. The van der Waals surface area contributed by atoms with Crippen molar-refractivity contribution in [2.75, 3.05) is 5.32 Å². The minimum Gasteiger partial charge on any atom is -0.441 e. The van der Waals surface area contributed by atoms with Gasteiger partial charge in [-0.15, -0.1) is 0 Å². The van der Waals surface area contributed by atoms with Crippen LogP contribution < -0.4 is 5.32 Å². The first-order chi connectivity index (χ1) is 10.2. The van der Waals surface area contributed by atoms with E-state index < -0.39 is 0 Å². The van der Waals surface area contributed by atoms with Gasteiger partial charge in [-0.25, -0.2) is 9.97 Å². The van der Waals surface area contributed by atoms with Crippen molar-refractivity contribution in [3.05, 3.63) is 53.7 Å². The second-order valence-electron chi connectivity index (χ2n) is 4.41. The Balaban J connectivity index is 1.87. The second kappa shape index (κ2) is 5.06. The van der Waals surface area contributed by atoms with Crippen LogP contribution >= 0.6 is 0 Å². The fraction of sp³-hybridized carbons (Fsp3) is 0.0667. The Hall–Kier alpha value is -3.20. The molecule has 3 aromatic rings. The Morgan fingerprint density at radius 2 is 2.19 bits per heavy atom. The summed E-state index contributed by atoms with van der Waals surface area (Å²) >= 11 is 0. The summed E-state index contributed by atoms with van der Waals surface area (Å²) in [5.41, 5.74) is 2.51. The number of hydrogen-bond donors (Lipinski definition) is 1. The molecule has 2 aromatic heterocycles. The topological polar surface area (TPSA) is 91.8 Å². The molecule has 6 nitrogen and oxygen atoms in total. The number of oxazole rings is 1. The summed E-state index contributed by atoms with van der Waals surface area (Å²) in [5, 5.41) is 11.5. The van der Waals surface area contributed by atoms with Crippen LogP contribution in [0.25, 0.3) is 11.1 Å². The maximum Gasteiger partial charge on any atom is 0.255 e. The van der Waals surface area contributed by atoms with E-state index in [0.29, 0.717) is 22.7 Å². The van der Waals surface area contributed by atoms with Crippen LogP contribution in [0.2, 0.25) is 0 Å². The van der Waals surface area contributed by atoms with E-state index in [9.17, 15) is 4.79 Å². The van der Waals surface area contributed by atoms with Crippen molar-refractivity contribution in [2.45, 2.75) is 6.92 Å². The zero-order valence-corrected chi connectivity index (χ0v) is 11.1. The number of amides is 1. The number of pyridine rings is 1. The number of nitrogens with zero attached hydrogens (tertiary/aromatic N) is 3. The van der Waals surface area contributed by atoms with Crippen molar-refractivity contribution in [1.82, 2.24) is 9.97 Å². The number of anilines is 1. The van der Waals surface area contributed by atoms with E-state index >= 15 is 0 Å². The molecule has 6 heteroatoms. The number of aryl methyl sites for hydroxylation is 1. The van der Waals surface area contributed by atoms with Crippen molar-refractivity contribution in [2.24, 2.45) is 0 Å². The van der Waals surface area contributed by atoms with E-state index in [2.05, 4.69) is 15.3 Å². The Kier molecular flexibility index (Phi) is 3.09. The fourth-order valence-corrected chi connectivity index (χ4v) is 1.95. The third-order valence-corrected chi connectivity index (χ3v) is 2.89. The number of nitriles is 1. The number of hydrogen-bond acceptors (Lipinski definition) is 5. The summed E-state index contributed by atoms with van der Waals surface area (Å²) in [6.07, 6.45) is 1.43. The van der Waals surface area contributed by atoms with Crippen molar-refractivity contribution in [1.29, 1.82) is 5.26 Å². The van der Waals surface area contributed by atoms with Crippen LogP contribution in [0.5, 0.6) is 0 Å². The molecule has 102 valence electrons. The average molecular weight is 278 g/mol. The van der Waals surface area contributed by atoms with Crippen molar-refractivity contribution >= 4 is 22.7 Å². The molecular weight excluding hydrogens is 268 g/mol. The van der Waals surface area contributed by atoms with Gasteiger partial charge in [-0.1, -0.05) is 0 Å². The smallest absolute Gasteiger partial charge is 0.255 e. The molecule has 2 heterocycles. The van der Waals surface area contributed by atoms with Gasteiger partial charge in [0.2, 0.25) is 0 Å². The van der Waals surface area contributed by atoms with Crippen LogP contribution in [0.1, 0.15) is 21.9 Å². The third-order valence-electron chi connectivity index (χ3n) is 2.89. The van der Waals surface area contributed by atoms with Crippen molar-refractivity contribution in [3.63, 3.8) is 0 Å². The van der Waals surface area contributed by atoms with Gasteiger partial charge in [0.1, 0.15) is 17.3 Å². The van der Waals surface area contributed by atoms with E-state index in [4.69, 9.17) is 9.68 Å². The van der Waals surface area contributed by atoms with E-state index in [-0.39, 0.29) is 11.6 Å². The van der Waals surface area contributed by atoms with Gasteiger partial charge in [0.25, 0.3) is 5.91 Å². The highest BCUT2D eigenvalue weighted by Gasteiger charge is 2.09. The van der Waals surface area contributed by atoms with Crippen LogP contribution in [0.3, 0.4) is 0 Å². The number of rotatable bonds is 2. The standard InChI is InChI=1S/C15H10N4O2/c1-9-18-13-3-2-11(7-14(13)21-9)19-15(20)10-4-5-17-12(6-10)8-16/h2-7H,1H3,(H,19,20). The molecule has 1 aromatic carbocycles. The van der Waals surface area contributed by atoms with E-state index in [1.165, 1.54) is 12.3 Å². The molecule has 0 aliphatic heterocycles. The van der Waals surface area contributed by atoms with Crippen molar-refractivity contribution < 1.29 is 9.21 Å². The molecule has 0 fully saturated rings. The molecule has 0 spiro atoms. The molecule has 21 heavy (non-hydrogen) atoms. The predicted molar refractivity (Wildman–Crippen MR) is 75.7 cm³/mol. The molecule has 1 amide bonds. The lowest BCUT2D eigenvalue weighted by Crippen LogP contribution is -2.12. The van der Waals surface area contributed by atoms with Gasteiger partial charge in [0, 0.05) is 30.4 Å². The summed E-state index contributed by atoms with van der Waals surface area (Å²) in [4.78, 5) is 20.1. The lowest BCUT2D eigenvalue weighted by atomic mass is 10.2. The monoisotopic (exact) mass is 278 g/mol. The zero-order valence-electron chi connectivity index (χ0n) is 11.1. The fourth-order valence-electron chi connectivity index (χ4n) is 1.95. The van der Waals surface area contributed by atoms with E-state index in [1.807, 2.05) is 6.07 Å². The molecule has 0 aliphatic rings. The molecule has 0 saturated carbocycles. The summed E-state index contributed by atoms with van der Waals surface area (Å²) in [5.74, 6) is 0.255. The highest BCUT2D eigenvalue weighted by Crippen LogP contribution is 2.20. The molecule has 0 aliphatic carbocycles. The van der Waals surface area contributed by atoms with Gasteiger partial charge in [0.05, 0.1) is 0 Å². The van der Waals surface area contributed by atoms with Gasteiger partial charge in [0.15, 0.2) is 11.5 Å². The Bertz CT molecular complexity index is 877. The first-order valence-electron chi connectivity index (χ1n) is 6.20. The lowest BCUT2D eigenvalue weighted by Gasteiger charge is -2.04. The molecule has 1 N–H and O–H groups in total. The van der Waals surface area contributed by atoms with Crippen molar-refractivity contribution in [3.8, 4) is 6.07 Å². The quantitative estimate of drug-likeness (QED) is 0.778. The van der Waals surface area contributed by atoms with Crippen LogP contribution in [0.4, 0.5) is 5.69 Å². The van der Waals surface area contributed by atoms with Crippen LogP contribution in [0.15, 0.2) is 40.9 Å². The van der Waals surface area contributed by atoms with Gasteiger partial charge >= 0.3 is 0 Å². The Labute approximate surface area is 120 Å². The Morgan fingerprint density at radius 1 is 1.33 bits per heavy atom. The normalized spacial score (nSPS) is 10.3. The molecule has 3 rings (SSSR count). The van der Waals surface area contributed by atoms with E-state index in [1.54, 1.807) is 31.2 Å². The van der Waals surface area contributed by atoms with Gasteiger partial charge in [-0.05, 0) is 24.3 Å². The number of benzene rings is 1. The largest absolute Gasteiger partial charge is 0.441 e. The minimum absolute atomic E-state index is 0.198. The second-order valence-corrected chi connectivity index (χ2v) is 4.41. The molecule has 0 saturated heterocycles. The van der Waals surface area contributed by atoms with Crippen LogP contribution in [0, 0.1) is 18.3 Å². The zero-order chi connectivity index (χ0) is 14.8. The lowest BCUT2D eigenvalue weighted by molar-refractivity contribution is 0.102. The number of fused-ring (bicyclic) bond motifs is 1. The first kappa shape index (κ1) is 12.8. The third kappa shape index (κ3) is 2.58. The highest BCUT2D eigenvalue weighted by atomic mass is 16.3. The van der Waals surface area contributed by atoms with E-state index in [0.717, 1.165) is 5.52 Å². The minimum atomic E-state index is -0.315. The predicted octanol–water partition coefficient (Wildman–Crippen LogP) is 2.66. The SMILES string of the molecule is Cc1nc2ccc(NC(=O)c3ccnc(C#N)c3)cc2o1. The maximum absolute atomic E-state index is 12.1. The summed E-state index contributed by atoms with van der Waals surface area (Å²) in [6, 6.07) is 10.1. The van der Waals surface area contributed by atoms with Gasteiger partial charge in [-0.3, -0.25) is 4.79 Å². The molecule has 0 bridgehead atoms. The number of nitrogens with one attached hydrogen (secondary N) is 1. The molecular formula is C15H10N4O2. The average Bonchev–Trinajstić information content (AvgIpc) is 2.86. The molecule has 0 unspecified atom stereocenters. The number of carbonyl (C=O) groups is 1. The highest BCUT2D eigenvalue weighted by molar-refractivity contribution is 6.04. The molecule has 0 atom stereocenters. The van der Waals surface area contributed by atoms with Gasteiger partial charge < -0.3 is 9.73 Å². The van der Waals surface area contributed by atoms with Gasteiger partial charge in [-0.2, -0.15) is 5.26 Å². The molecule has 0 radical (unpaired) electrons. The summed E-state index contributed by atoms with van der Waals surface area (Å²) in [6.45, 7) is 1.76. The Morgan fingerprint density at radius 3 is 3.00 bits per heavy atom. The summed E-state index contributed by atoms with van der Waals surface area (Å²) in [7, 11) is 0. The maximum atomic E-state index is 12.1. The number of carbonyl (C=O) groups excluding carboxylic acids is 1.